The van der Waals surface area contributed by atoms with E-state index in [0.29, 0.717) is 33.2 Å². The van der Waals surface area contributed by atoms with Gasteiger partial charge in [-0.25, -0.2) is 4.79 Å². The van der Waals surface area contributed by atoms with E-state index >= 15 is 0 Å². The minimum absolute atomic E-state index is 0.303. The van der Waals surface area contributed by atoms with Gasteiger partial charge in [0.25, 0.3) is 0 Å². The number of alkyl carbamates (subject to hydrolysis) is 1. The molecule has 1 heterocycles. The molecule has 10 heteroatoms. The van der Waals surface area contributed by atoms with Crippen LogP contribution in [0.5, 0.6) is 0 Å². The molecule has 3 N–H and O–H groups in total. The molecule has 0 aliphatic carbocycles. The van der Waals surface area contributed by atoms with E-state index in [4.69, 9.17) is 5.73 Å². The molecule has 0 spiro atoms. The molecule has 28 heavy (non-hydrogen) atoms. The maximum atomic E-state index is 12.5. The van der Waals surface area contributed by atoms with E-state index in [1.807, 2.05) is 19.2 Å². The number of nitrogens with two attached hydrogens (primary N) is 1. The molecule has 0 aromatic rings. The van der Waals surface area contributed by atoms with Gasteiger partial charge in [-0.15, -0.1) is 0 Å². The molecule has 1 saturated heterocycles. The van der Waals surface area contributed by atoms with Gasteiger partial charge in [0.1, 0.15) is 12.6 Å². The van der Waals surface area contributed by atoms with Crippen LogP contribution < -0.4 is 11.1 Å². The molecule has 1 fully saturated rings. The van der Waals surface area contributed by atoms with Gasteiger partial charge in [0.05, 0.1) is 0 Å². The average Bonchev–Trinajstić information content (AvgIpc) is 3.02. The quantitative estimate of drug-likeness (QED) is 0.739. The Hall–Kier alpha value is -2.00. The molecule has 0 aromatic heterocycles. The summed E-state index contributed by atoms with van der Waals surface area (Å²) in [7, 11) is 0. The van der Waals surface area contributed by atoms with Crippen molar-refractivity contribution in [3.63, 3.8) is 0 Å². The Kier molecular flexibility index (Phi) is 12.6. The van der Waals surface area contributed by atoms with Gasteiger partial charge < -0.3 is 20.7 Å². The van der Waals surface area contributed by atoms with Crippen LogP contribution >= 0.6 is 0 Å². The van der Waals surface area contributed by atoms with Crippen LogP contribution in [-0.2, 0) is 14.3 Å². The Morgan fingerprint density at radius 2 is 1.64 bits per heavy atom. The SMILES string of the molecule is CC.CC(C)(OC(=O)NCC(=O)N1CCC[C@H]1C(N)=O)C(F)(F)F.CC(C)C. The summed E-state index contributed by atoms with van der Waals surface area (Å²) in [5.41, 5.74) is 2.47. The second-order valence-electron chi connectivity index (χ2n) is 7.13. The number of primary amides is 1. The lowest BCUT2D eigenvalue weighted by Gasteiger charge is -2.28. The number of rotatable bonds is 4. The van der Waals surface area contributed by atoms with Crippen LogP contribution in [0.4, 0.5) is 18.0 Å². The monoisotopic (exact) mass is 413 g/mol. The Labute approximate surface area is 165 Å². The van der Waals surface area contributed by atoms with Crippen LogP contribution in [0.25, 0.3) is 0 Å². The summed E-state index contributed by atoms with van der Waals surface area (Å²) in [5.74, 6) is -0.435. The summed E-state index contributed by atoms with van der Waals surface area (Å²) in [5, 5.41) is 1.94. The standard InChI is InChI=1S/C12H18F3N3O4.C4H10.C2H6/c1-11(2,12(13,14)15)22-10(21)17-6-8(19)18-5-3-4-7(18)9(16)20;1-4(2)3;1-2/h7H,3-6H2,1-2H3,(H2,16,20)(H,17,21);4H,1-3H3;1-2H3/t7-;;/m0../s1. The van der Waals surface area contributed by atoms with Crippen LogP contribution in [0, 0.1) is 5.92 Å². The lowest BCUT2D eigenvalue weighted by molar-refractivity contribution is -0.243. The maximum Gasteiger partial charge on any atom is 0.427 e. The summed E-state index contributed by atoms with van der Waals surface area (Å²) in [4.78, 5) is 35.5. The van der Waals surface area contributed by atoms with E-state index in [-0.39, 0.29) is 0 Å². The molecule has 1 atom stereocenters. The predicted octanol–water partition coefficient (Wildman–Crippen LogP) is 3.22. The van der Waals surface area contributed by atoms with Crippen molar-refractivity contribution in [1.82, 2.24) is 10.2 Å². The second-order valence-corrected chi connectivity index (χ2v) is 7.13. The highest BCUT2D eigenvalue weighted by Gasteiger charge is 2.51. The van der Waals surface area contributed by atoms with Crippen molar-refractivity contribution in [1.29, 1.82) is 0 Å². The first-order valence-corrected chi connectivity index (χ1v) is 9.31. The minimum Gasteiger partial charge on any atom is -0.434 e. The normalized spacial score (nSPS) is 16.4. The zero-order valence-electron chi connectivity index (χ0n) is 17.8. The predicted molar refractivity (Wildman–Crippen MR) is 100 cm³/mol. The minimum atomic E-state index is -4.74. The van der Waals surface area contributed by atoms with E-state index in [2.05, 4.69) is 25.5 Å². The van der Waals surface area contributed by atoms with E-state index in [1.54, 1.807) is 0 Å². The van der Waals surface area contributed by atoms with Crippen LogP contribution in [0.3, 0.4) is 0 Å². The third-order valence-electron chi connectivity index (χ3n) is 3.32. The number of carbonyl (C=O) groups is 3. The van der Waals surface area contributed by atoms with Crippen molar-refractivity contribution in [2.75, 3.05) is 13.1 Å². The maximum absolute atomic E-state index is 12.5. The van der Waals surface area contributed by atoms with Crippen molar-refractivity contribution in [2.45, 2.75) is 79.1 Å². The number of amides is 3. The number of hydrogen-bond donors (Lipinski definition) is 2. The molecular weight excluding hydrogens is 379 g/mol. The van der Waals surface area contributed by atoms with Gasteiger partial charge in [-0.1, -0.05) is 34.6 Å². The van der Waals surface area contributed by atoms with E-state index < -0.39 is 42.3 Å². The molecule has 1 rings (SSSR count). The topological polar surface area (TPSA) is 102 Å². The second kappa shape index (κ2) is 12.5. The van der Waals surface area contributed by atoms with Crippen LogP contribution in [0.1, 0.15) is 61.3 Å². The molecule has 0 radical (unpaired) electrons. The van der Waals surface area contributed by atoms with Gasteiger partial charge in [0.15, 0.2) is 0 Å². The van der Waals surface area contributed by atoms with Crippen molar-refractivity contribution < 1.29 is 32.3 Å². The summed E-state index contributed by atoms with van der Waals surface area (Å²) in [6, 6.07) is -0.753. The van der Waals surface area contributed by atoms with Gasteiger partial charge in [-0.05, 0) is 32.6 Å². The van der Waals surface area contributed by atoms with E-state index in [9.17, 15) is 27.6 Å². The average molecular weight is 413 g/mol. The van der Waals surface area contributed by atoms with Crippen LogP contribution in [0.2, 0.25) is 0 Å². The van der Waals surface area contributed by atoms with Gasteiger partial charge in [0.2, 0.25) is 17.4 Å². The fourth-order valence-electron chi connectivity index (χ4n) is 1.94. The largest absolute Gasteiger partial charge is 0.434 e. The third-order valence-corrected chi connectivity index (χ3v) is 3.32. The first-order valence-electron chi connectivity index (χ1n) is 9.31. The summed E-state index contributed by atoms with van der Waals surface area (Å²) in [6.07, 6.45) is -5.09. The molecule has 1 aliphatic rings. The molecule has 166 valence electrons. The number of nitrogens with zero attached hydrogens (tertiary/aromatic N) is 1. The van der Waals surface area contributed by atoms with Crippen molar-refractivity contribution in [3.05, 3.63) is 0 Å². The smallest absolute Gasteiger partial charge is 0.427 e. The van der Waals surface area contributed by atoms with Gasteiger partial charge in [-0.3, -0.25) is 9.59 Å². The summed E-state index contributed by atoms with van der Waals surface area (Å²) >= 11 is 0. The molecular formula is C18H34F3N3O4. The zero-order chi connectivity index (χ0) is 22.7. The zero-order valence-corrected chi connectivity index (χ0v) is 17.8. The van der Waals surface area contributed by atoms with Crippen molar-refractivity contribution >= 4 is 17.9 Å². The van der Waals surface area contributed by atoms with Crippen LogP contribution in [-0.4, -0.2) is 53.7 Å². The number of carbonyl (C=O) groups excluding carboxylic acids is 3. The highest BCUT2D eigenvalue weighted by atomic mass is 19.4. The molecule has 0 unspecified atom stereocenters. The van der Waals surface area contributed by atoms with E-state index in [0.717, 1.165) is 5.92 Å². The molecule has 7 nitrogen and oxygen atoms in total. The molecule has 0 saturated carbocycles. The first kappa shape index (κ1) is 28.2. The highest BCUT2D eigenvalue weighted by molar-refractivity contribution is 5.89. The Morgan fingerprint density at radius 3 is 2.04 bits per heavy atom. The highest BCUT2D eigenvalue weighted by Crippen LogP contribution is 2.32. The van der Waals surface area contributed by atoms with Gasteiger partial charge in [-0.2, -0.15) is 13.2 Å². The number of alkyl halides is 3. The van der Waals surface area contributed by atoms with Crippen LogP contribution in [0.15, 0.2) is 0 Å². The van der Waals surface area contributed by atoms with Gasteiger partial charge in [0, 0.05) is 6.54 Å². The number of nitrogens with one attached hydrogen (secondary N) is 1. The summed E-state index contributed by atoms with van der Waals surface area (Å²) in [6.45, 7) is 11.6. The van der Waals surface area contributed by atoms with E-state index in [1.165, 1.54) is 4.90 Å². The van der Waals surface area contributed by atoms with Gasteiger partial charge >= 0.3 is 12.3 Å². The first-order chi connectivity index (χ1) is 12.7. The summed E-state index contributed by atoms with van der Waals surface area (Å²) < 4.78 is 41.9. The Bertz CT molecular complexity index is 506. The molecule has 0 aromatic carbocycles. The lowest BCUT2D eigenvalue weighted by Crippen LogP contribution is -2.49. The van der Waals surface area contributed by atoms with Crippen molar-refractivity contribution in [3.8, 4) is 0 Å². The number of halogens is 3. The molecule has 3 amide bonds. The fourth-order valence-corrected chi connectivity index (χ4v) is 1.94. The lowest BCUT2D eigenvalue weighted by atomic mass is 10.1. The van der Waals surface area contributed by atoms with Crippen molar-refractivity contribution in [2.24, 2.45) is 11.7 Å². The Morgan fingerprint density at radius 1 is 1.18 bits per heavy atom. The molecule has 0 bridgehead atoms. The number of hydrogen-bond acceptors (Lipinski definition) is 4. The third kappa shape index (κ3) is 10.4. The Balaban J connectivity index is 0. The number of ether oxygens (including phenoxy) is 1. The fraction of sp³-hybridized carbons (Fsp3) is 0.833. The number of likely N-dealkylation sites (tertiary alicyclic amines) is 1. The molecule has 1 aliphatic heterocycles.